The number of nitrogens with two attached hydrogens (primary N) is 1. The van der Waals surface area contributed by atoms with Crippen LogP contribution in [0.25, 0.3) is 0 Å². The minimum atomic E-state index is 0. The number of halogens is 1. The molecule has 1 aromatic heterocycles. The second kappa shape index (κ2) is 5.05. The summed E-state index contributed by atoms with van der Waals surface area (Å²) in [4.78, 5) is 1.59. The largest absolute Gasteiger partial charge is 0.330 e. The van der Waals surface area contributed by atoms with Crippen molar-refractivity contribution in [2.75, 3.05) is 6.54 Å². The zero-order valence-corrected chi connectivity index (χ0v) is 8.08. The van der Waals surface area contributed by atoms with Gasteiger partial charge in [0.15, 0.2) is 5.82 Å². The molecule has 0 fully saturated rings. The molecule has 0 aliphatic heterocycles. The highest BCUT2D eigenvalue weighted by Crippen LogP contribution is 1.97. The molecular formula is C6H14ClN5. The Morgan fingerprint density at radius 3 is 2.58 bits per heavy atom. The molecule has 1 heterocycles. The summed E-state index contributed by atoms with van der Waals surface area (Å²) in [6.45, 7) is 4.59. The Labute approximate surface area is 77.7 Å². The number of nitrogens with zero attached hydrogens (tertiary/aromatic N) is 4. The van der Waals surface area contributed by atoms with E-state index in [1.54, 1.807) is 4.80 Å². The summed E-state index contributed by atoms with van der Waals surface area (Å²) >= 11 is 0. The van der Waals surface area contributed by atoms with Gasteiger partial charge in [-0.2, -0.15) is 4.80 Å². The van der Waals surface area contributed by atoms with Crippen molar-refractivity contribution in [1.82, 2.24) is 20.2 Å². The highest BCUT2D eigenvalue weighted by molar-refractivity contribution is 5.85. The van der Waals surface area contributed by atoms with Crippen molar-refractivity contribution < 1.29 is 0 Å². The molecule has 0 saturated heterocycles. The van der Waals surface area contributed by atoms with Crippen LogP contribution in [-0.2, 0) is 6.42 Å². The highest BCUT2D eigenvalue weighted by Gasteiger charge is 2.03. The number of hydrogen-bond acceptors (Lipinski definition) is 4. The lowest BCUT2D eigenvalue weighted by Gasteiger charge is -1.98. The molecule has 2 N–H and O–H groups in total. The Kier molecular flexibility index (Phi) is 4.77. The Bertz CT molecular complexity index is 221. The number of rotatable bonds is 3. The average Bonchev–Trinajstić information content (AvgIpc) is 2.37. The van der Waals surface area contributed by atoms with E-state index in [1.807, 2.05) is 13.8 Å². The third-order valence-corrected chi connectivity index (χ3v) is 1.30. The molecule has 1 aromatic rings. The first-order valence-corrected chi connectivity index (χ1v) is 3.72. The fraction of sp³-hybridized carbons (Fsp3) is 0.833. The fourth-order valence-electron chi connectivity index (χ4n) is 0.704. The molecule has 6 heteroatoms. The van der Waals surface area contributed by atoms with Gasteiger partial charge in [0.05, 0.1) is 6.04 Å². The molecule has 0 bridgehead atoms. The van der Waals surface area contributed by atoms with Crippen LogP contribution in [0, 0.1) is 0 Å². The minimum Gasteiger partial charge on any atom is -0.330 e. The zero-order chi connectivity index (χ0) is 8.27. The van der Waals surface area contributed by atoms with Crippen LogP contribution in [0.1, 0.15) is 25.7 Å². The predicted octanol–water partition coefficient (Wildman–Crippen LogP) is 0.177. The van der Waals surface area contributed by atoms with Gasteiger partial charge >= 0.3 is 0 Å². The van der Waals surface area contributed by atoms with Crippen molar-refractivity contribution in [3.8, 4) is 0 Å². The maximum absolute atomic E-state index is 5.33. The second-order valence-corrected chi connectivity index (χ2v) is 2.66. The molecule has 0 unspecified atom stereocenters. The highest BCUT2D eigenvalue weighted by atomic mass is 35.5. The number of aromatic nitrogens is 4. The summed E-state index contributed by atoms with van der Waals surface area (Å²) in [6.07, 6.45) is 0.701. The molecule has 0 saturated carbocycles. The summed E-state index contributed by atoms with van der Waals surface area (Å²) in [5, 5.41) is 11.8. The molecule has 0 amide bonds. The van der Waals surface area contributed by atoms with Crippen molar-refractivity contribution in [2.45, 2.75) is 26.3 Å². The standard InChI is InChI=1S/C6H13N5.ClH/c1-5(2)11-9-6(3-4-7)8-10-11;/h5H,3-4,7H2,1-2H3;1H. The first-order chi connectivity index (χ1) is 5.24. The molecule has 0 aliphatic carbocycles. The van der Waals surface area contributed by atoms with Crippen molar-refractivity contribution in [1.29, 1.82) is 0 Å². The second-order valence-electron chi connectivity index (χ2n) is 2.66. The number of tetrazole rings is 1. The van der Waals surface area contributed by atoms with Crippen LogP contribution in [-0.4, -0.2) is 26.8 Å². The smallest absolute Gasteiger partial charge is 0.176 e. The van der Waals surface area contributed by atoms with E-state index in [-0.39, 0.29) is 18.4 Å². The Morgan fingerprint density at radius 2 is 2.17 bits per heavy atom. The van der Waals surface area contributed by atoms with Gasteiger partial charge in [0.25, 0.3) is 0 Å². The molecule has 0 aliphatic rings. The normalized spacial score (nSPS) is 10.0. The Morgan fingerprint density at radius 1 is 1.50 bits per heavy atom. The summed E-state index contributed by atoms with van der Waals surface area (Å²) in [5.74, 6) is 0.723. The molecular weight excluding hydrogens is 178 g/mol. The van der Waals surface area contributed by atoms with Gasteiger partial charge in [-0.1, -0.05) is 0 Å². The SMILES string of the molecule is CC(C)n1nnc(CCN)n1.Cl. The van der Waals surface area contributed by atoms with Gasteiger partial charge in [-0.25, -0.2) is 0 Å². The van der Waals surface area contributed by atoms with Gasteiger partial charge in [0.2, 0.25) is 0 Å². The lowest BCUT2D eigenvalue weighted by atomic mass is 10.4. The third-order valence-electron chi connectivity index (χ3n) is 1.30. The van der Waals surface area contributed by atoms with Gasteiger partial charge in [0, 0.05) is 6.42 Å². The predicted molar refractivity (Wildman–Crippen MR) is 48.2 cm³/mol. The van der Waals surface area contributed by atoms with E-state index in [1.165, 1.54) is 0 Å². The Hall–Kier alpha value is -0.680. The van der Waals surface area contributed by atoms with Crippen LogP contribution >= 0.6 is 12.4 Å². The molecule has 0 aromatic carbocycles. The fourth-order valence-corrected chi connectivity index (χ4v) is 0.704. The summed E-state index contributed by atoms with van der Waals surface area (Å²) in [5.41, 5.74) is 5.33. The van der Waals surface area contributed by atoms with Crippen LogP contribution in [0.5, 0.6) is 0 Å². The zero-order valence-electron chi connectivity index (χ0n) is 7.27. The van der Waals surface area contributed by atoms with Crippen LogP contribution in [0.3, 0.4) is 0 Å². The molecule has 70 valence electrons. The third kappa shape index (κ3) is 2.75. The van der Waals surface area contributed by atoms with Gasteiger partial charge in [-0.05, 0) is 25.6 Å². The summed E-state index contributed by atoms with van der Waals surface area (Å²) in [7, 11) is 0. The van der Waals surface area contributed by atoms with Crippen molar-refractivity contribution in [2.24, 2.45) is 5.73 Å². The van der Waals surface area contributed by atoms with Crippen molar-refractivity contribution in [3.05, 3.63) is 5.82 Å². The van der Waals surface area contributed by atoms with Gasteiger partial charge in [0.1, 0.15) is 0 Å². The topological polar surface area (TPSA) is 69.6 Å². The van der Waals surface area contributed by atoms with E-state index in [0.717, 1.165) is 5.82 Å². The maximum atomic E-state index is 5.33. The van der Waals surface area contributed by atoms with Gasteiger partial charge < -0.3 is 5.73 Å². The van der Waals surface area contributed by atoms with Crippen LogP contribution in [0.15, 0.2) is 0 Å². The molecule has 5 nitrogen and oxygen atoms in total. The van der Waals surface area contributed by atoms with Crippen LogP contribution in [0.4, 0.5) is 0 Å². The van der Waals surface area contributed by atoms with Crippen molar-refractivity contribution >= 4 is 12.4 Å². The lowest BCUT2D eigenvalue weighted by Crippen LogP contribution is -2.07. The molecule has 0 atom stereocenters. The van der Waals surface area contributed by atoms with E-state index in [2.05, 4.69) is 15.4 Å². The molecule has 0 radical (unpaired) electrons. The maximum Gasteiger partial charge on any atom is 0.176 e. The van der Waals surface area contributed by atoms with E-state index in [0.29, 0.717) is 13.0 Å². The molecule has 12 heavy (non-hydrogen) atoms. The Balaban J connectivity index is 0.00000121. The minimum absolute atomic E-state index is 0. The van der Waals surface area contributed by atoms with Gasteiger partial charge in [-0.15, -0.1) is 22.6 Å². The first kappa shape index (κ1) is 11.3. The van der Waals surface area contributed by atoms with Crippen LogP contribution in [0.2, 0.25) is 0 Å². The summed E-state index contributed by atoms with van der Waals surface area (Å²) in [6, 6.07) is 0.272. The lowest BCUT2D eigenvalue weighted by molar-refractivity contribution is 0.453. The molecule has 0 spiro atoms. The van der Waals surface area contributed by atoms with Crippen LogP contribution < -0.4 is 5.73 Å². The first-order valence-electron chi connectivity index (χ1n) is 3.72. The van der Waals surface area contributed by atoms with E-state index < -0.39 is 0 Å². The monoisotopic (exact) mass is 191 g/mol. The van der Waals surface area contributed by atoms with Crippen molar-refractivity contribution in [3.63, 3.8) is 0 Å². The summed E-state index contributed by atoms with van der Waals surface area (Å²) < 4.78 is 0. The quantitative estimate of drug-likeness (QED) is 0.740. The van der Waals surface area contributed by atoms with E-state index >= 15 is 0 Å². The molecule has 1 rings (SSSR count). The van der Waals surface area contributed by atoms with E-state index in [4.69, 9.17) is 5.73 Å². The number of hydrogen-bond donors (Lipinski definition) is 1. The average molecular weight is 192 g/mol. The van der Waals surface area contributed by atoms with Gasteiger partial charge in [-0.3, -0.25) is 0 Å². The van der Waals surface area contributed by atoms with E-state index in [9.17, 15) is 0 Å².